The van der Waals surface area contributed by atoms with Crippen molar-refractivity contribution in [2.24, 2.45) is 0 Å². The number of ketones is 1. The molecule has 0 bridgehead atoms. The topological polar surface area (TPSA) is 143 Å². The van der Waals surface area contributed by atoms with Crippen LogP contribution in [0, 0.1) is 0 Å². The number of alkyl halides is 3. The number of carbonyl (C=O) groups excluding carboxylic acids is 2. The van der Waals surface area contributed by atoms with Gasteiger partial charge in [-0.05, 0) is 72.5 Å². The lowest BCUT2D eigenvalue weighted by Gasteiger charge is -2.27. The van der Waals surface area contributed by atoms with Crippen molar-refractivity contribution in [3.63, 3.8) is 0 Å². The smallest absolute Gasteiger partial charge is 0.490 e. The standard InChI is InChI=1S/C31H32N2O7.C2HF3O2/c1-36-26-7-5-20(15-28(26)38-3)13-22-17-24(33-30(34)19-40-25-9-11-32-12-10-25)18-23(31(22)35)14-21-6-8-27(37-2)29(16-21)39-4;3-2(4,5)1(6)7/h5-16,24H,17-19H2,1-4H3,(H,33,34);(H,6,7)/b22-13+,23-14+;. The molecule has 1 heterocycles. The van der Waals surface area contributed by atoms with Gasteiger partial charge in [-0.3, -0.25) is 14.6 Å². The summed E-state index contributed by atoms with van der Waals surface area (Å²) in [4.78, 5) is 39.2. The van der Waals surface area contributed by atoms with E-state index < -0.39 is 12.1 Å². The molecule has 1 aliphatic rings. The van der Waals surface area contributed by atoms with Crippen molar-refractivity contribution in [2.45, 2.75) is 25.1 Å². The Labute approximate surface area is 268 Å². The summed E-state index contributed by atoms with van der Waals surface area (Å²) in [5.74, 6) is -0.297. The number of methoxy groups -OCH3 is 4. The zero-order chi connectivity index (χ0) is 34.6. The first-order chi connectivity index (χ1) is 22.4. The van der Waals surface area contributed by atoms with Gasteiger partial charge < -0.3 is 34.1 Å². The van der Waals surface area contributed by atoms with E-state index in [2.05, 4.69) is 10.3 Å². The number of hydrogen-bond donors (Lipinski definition) is 2. The van der Waals surface area contributed by atoms with Crippen LogP contribution in [0.2, 0.25) is 0 Å². The Morgan fingerprint density at radius 3 is 1.68 bits per heavy atom. The summed E-state index contributed by atoms with van der Waals surface area (Å²) in [5, 5.41) is 10.1. The van der Waals surface area contributed by atoms with Crippen LogP contribution in [0.4, 0.5) is 13.2 Å². The molecular formula is C33H33F3N2O9. The van der Waals surface area contributed by atoms with Crippen LogP contribution >= 0.6 is 0 Å². The summed E-state index contributed by atoms with van der Waals surface area (Å²) in [7, 11) is 6.25. The summed E-state index contributed by atoms with van der Waals surface area (Å²) >= 11 is 0. The molecule has 1 aromatic heterocycles. The number of rotatable bonds is 10. The molecule has 47 heavy (non-hydrogen) atoms. The van der Waals surface area contributed by atoms with Crippen LogP contribution < -0.4 is 29.0 Å². The molecule has 250 valence electrons. The molecule has 2 aromatic carbocycles. The van der Waals surface area contributed by atoms with E-state index in [1.54, 1.807) is 65.1 Å². The molecule has 2 N–H and O–H groups in total. The van der Waals surface area contributed by atoms with Gasteiger partial charge in [0.2, 0.25) is 0 Å². The van der Waals surface area contributed by atoms with Gasteiger partial charge >= 0.3 is 12.1 Å². The lowest BCUT2D eigenvalue weighted by Crippen LogP contribution is -2.41. The Hall–Kier alpha value is -5.53. The van der Waals surface area contributed by atoms with Crippen molar-refractivity contribution in [1.29, 1.82) is 0 Å². The summed E-state index contributed by atoms with van der Waals surface area (Å²) in [6.07, 6.45) is 2.46. The number of aromatic nitrogens is 1. The van der Waals surface area contributed by atoms with Gasteiger partial charge in [-0.25, -0.2) is 4.79 Å². The summed E-state index contributed by atoms with van der Waals surface area (Å²) in [5.41, 5.74) is 2.68. The predicted molar refractivity (Wildman–Crippen MR) is 165 cm³/mol. The maximum atomic E-state index is 13.6. The molecule has 0 saturated heterocycles. The quantitative estimate of drug-likeness (QED) is 0.281. The number of halogens is 3. The Bertz CT molecular complexity index is 1550. The molecule has 14 heteroatoms. The van der Waals surface area contributed by atoms with Crippen LogP contribution in [-0.2, 0) is 14.4 Å². The zero-order valence-electron chi connectivity index (χ0n) is 25.9. The Balaban J connectivity index is 0.000000771. The first kappa shape index (κ1) is 35.9. The van der Waals surface area contributed by atoms with Crippen LogP contribution in [0.15, 0.2) is 72.1 Å². The number of benzene rings is 2. The number of Topliss-reactive ketones (excluding diaryl/α,β-unsaturated/α-hetero) is 1. The summed E-state index contributed by atoms with van der Waals surface area (Å²) in [6, 6.07) is 13.9. The summed E-state index contributed by atoms with van der Waals surface area (Å²) in [6.45, 7) is -0.155. The lowest BCUT2D eigenvalue weighted by atomic mass is 9.83. The van der Waals surface area contributed by atoms with E-state index >= 15 is 0 Å². The molecule has 1 amide bonds. The molecule has 11 nitrogen and oxygen atoms in total. The third kappa shape index (κ3) is 10.5. The van der Waals surface area contributed by atoms with Crippen molar-refractivity contribution in [3.05, 3.63) is 83.2 Å². The fourth-order valence-corrected chi connectivity index (χ4v) is 4.49. The molecule has 0 atom stereocenters. The second kappa shape index (κ2) is 16.7. The highest BCUT2D eigenvalue weighted by atomic mass is 19.4. The van der Waals surface area contributed by atoms with E-state index in [0.29, 0.717) is 52.7 Å². The van der Waals surface area contributed by atoms with Gasteiger partial charge in [0.1, 0.15) is 5.75 Å². The second-order valence-corrected chi connectivity index (χ2v) is 9.84. The van der Waals surface area contributed by atoms with E-state index in [9.17, 15) is 22.8 Å². The van der Waals surface area contributed by atoms with Gasteiger partial charge in [-0.2, -0.15) is 13.2 Å². The Morgan fingerprint density at radius 1 is 0.830 bits per heavy atom. The third-order valence-corrected chi connectivity index (χ3v) is 6.64. The van der Waals surface area contributed by atoms with Crippen LogP contribution in [-0.4, -0.2) is 75.0 Å². The number of aliphatic carboxylic acids is 1. The molecule has 4 rings (SSSR count). The van der Waals surface area contributed by atoms with E-state index in [1.165, 1.54) is 0 Å². The van der Waals surface area contributed by atoms with E-state index in [0.717, 1.165) is 11.1 Å². The van der Waals surface area contributed by atoms with Gasteiger partial charge in [-0.15, -0.1) is 0 Å². The molecule has 0 radical (unpaired) electrons. The highest BCUT2D eigenvalue weighted by Gasteiger charge is 2.38. The van der Waals surface area contributed by atoms with Crippen molar-refractivity contribution >= 4 is 29.8 Å². The largest absolute Gasteiger partial charge is 0.493 e. The fraction of sp³-hybridized carbons (Fsp3) is 0.273. The number of amides is 1. The number of nitrogens with one attached hydrogen (secondary N) is 1. The molecule has 0 aliphatic heterocycles. The molecule has 3 aromatic rings. The molecule has 0 spiro atoms. The Kier molecular flexibility index (Phi) is 12.8. The van der Waals surface area contributed by atoms with E-state index in [4.69, 9.17) is 33.6 Å². The monoisotopic (exact) mass is 658 g/mol. The van der Waals surface area contributed by atoms with Crippen molar-refractivity contribution in [1.82, 2.24) is 10.3 Å². The first-order valence-corrected chi connectivity index (χ1v) is 13.9. The second-order valence-electron chi connectivity index (χ2n) is 9.84. The van der Waals surface area contributed by atoms with Crippen molar-refractivity contribution < 1.29 is 56.3 Å². The number of carboxylic acid groups (broad SMARTS) is 1. The Morgan fingerprint density at radius 2 is 1.28 bits per heavy atom. The van der Waals surface area contributed by atoms with Gasteiger partial charge in [0.05, 0.1) is 28.4 Å². The molecule has 1 fully saturated rings. The number of hydrogen-bond acceptors (Lipinski definition) is 9. The normalized spacial score (nSPS) is 16.1. The minimum Gasteiger partial charge on any atom is -0.493 e. The van der Waals surface area contributed by atoms with Gasteiger partial charge in [0, 0.05) is 29.6 Å². The molecule has 0 unspecified atom stereocenters. The van der Waals surface area contributed by atoms with Crippen LogP contribution in [0.5, 0.6) is 28.7 Å². The van der Waals surface area contributed by atoms with Crippen molar-refractivity contribution in [3.8, 4) is 28.7 Å². The average molecular weight is 659 g/mol. The minimum atomic E-state index is -5.08. The van der Waals surface area contributed by atoms with Crippen molar-refractivity contribution in [2.75, 3.05) is 35.0 Å². The molecule has 1 saturated carbocycles. The maximum absolute atomic E-state index is 13.6. The number of pyridine rings is 1. The highest BCUT2D eigenvalue weighted by Crippen LogP contribution is 2.33. The number of carbonyl (C=O) groups is 3. The van der Waals surface area contributed by atoms with E-state index in [-0.39, 0.29) is 24.3 Å². The summed E-state index contributed by atoms with van der Waals surface area (Å²) < 4.78 is 58.8. The maximum Gasteiger partial charge on any atom is 0.490 e. The number of ether oxygens (including phenoxy) is 5. The third-order valence-electron chi connectivity index (χ3n) is 6.64. The average Bonchev–Trinajstić information content (AvgIpc) is 3.06. The fourth-order valence-electron chi connectivity index (χ4n) is 4.49. The lowest BCUT2D eigenvalue weighted by molar-refractivity contribution is -0.192. The molecular weight excluding hydrogens is 625 g/mol. The molecule has 1 aliphatic carbocycles. The number of nitrogens with zero attached hydrogens (tertiary/aromatic N) is 1. The predicted octanol–water partition coefficient (Wildman–Crippen LogP) is 5.14. The zero-order valence-corrected chi connectivity index (χ0v) is 25.9. The van der Waals surface area contributed by atoms with Crippen LogP contribution in [0.25, 0.3) is 12.2 Å². The minimum absolute atomic E-state index is 0.0943. The SMILES string of the molecule is COc1ccc(/C=C2\CC(NC(=O)COc3ccncc3)C/C(=C\c3ccc(OC)c(OC)c3)C2=O)cc1OC.O=C(O)C(F)(F)F. The first-order valence-electron chi connectivity index (χ1n) is 13.9. The highest BCUT2D eigenvalue weighted by molar-refractivity contribution is 6.14. The van der Waals surface area contributed by atoms with Gasteiger partial charge in [0.15, 0.2) is 35.4 Å². The van der Waals surface area contributed by atoms with E-state index in [1.807, 2.05) is 36.4 Å². The van der Waals surface area contributed by atoms with Crippen LogP contribution in [0.3, 0.4) is 0 Å². The van der Waals surface area contributed by atoms with Gasteiger partial charge in [0.25, 0.3) is 5.91 Å². The number of carboxylic acids is 1. The van der Waals surface area contributed by atoms with Crippen LogP contribution in [0.1, 0.15) is 24.0 Å². The van der Waals surface area contributed by atoms with Gasteiger partial charge in [-0.1, -0.05) is 12.1 Å².